The molecule has 0 heterocycles. The lowest BCUT2D eigenvalue weighted by molar-refractivity contribution is -0.148. The van der Waals surface area contributed by atoms with Gasteiger partial charge >= 0.3 is 23.9 Å². The number of Topliss-reactive ketones (excluding diaryl/α,β-unsaturated/α-hetero) is 4. The summed E-state index contributed by atoms with van der Waals surface area (Å²) in [5.74, 6) is -8.81. The Bertz CT molecular complexity index is 384. The van der Waals surface area contributed by atoms with Crippen molar-refractivity contribution in [1.29, 1.82) is 0 Å². The first-order chi connectivity index (χ1) is 10.6. The number of carboxylic acids is 4. The zero-order chi connectivity index (χ0) is 20.6. The third-order valence-electron chi connectivity index (χ3n) is 1.20. The van der Waals surface area contributed by atoms with Crippen molar-refractivity contribution in [3.8, 4) is 0 Å². The van der Waals surface area contributed by atoms with Crippen LogP contribution in [0.1, 0.15) is 27.7 Å². The van der Waals surface area contributed by atoms with Gasteiger partial charge in [0.25, 0.3) is 0 Å². The lowest BCUT2D eigenvalue weighted by Crippen LogP contribution is -2.05. The number of carbonyl (C=O) groups excluding carboxylic acids is 4. The van der Waals surface area contributed by atoms with E-state index in [0.29, 0.717) is 0 Å². The first-order valence-corrected chi connectivity index (χ1v) is 5.53. The van der Waals surface area contributed by atoms with Crippen molar-refractivity contribution in [1.82, 2.24) is 0 Å². The van der Waals surface area contributed by atoms with Crippen LogP contribution in [0.4, 0.5) is 0 Å². The van der Waals surface area contributed by atoms with E-state index in [1.807, 2.05) is 0 Å². The van der Waals surface area contributed by atoms with Crippen molar-refractivity contribution in [3.05, 3.63) is 0 Å². The summed E-state index contributed by atoms with van der Waals surface area (Å²) in [7, 11) is 0. The zero-order valence-corrected chi connectivity index (χ0v) is 13.1. The molecule has 0 unspecified atom stereocenters. The standard InChI is InChI=1S/4C3H4O3/c4*1-2(4)3(5)6/h4*1H3,(H,5,6). The first-order valence-electron chi connectivity index (χ1n) is 5.53. The van der Waals surface area contributed by atoms with Crippen LogP contribution >= 0.6 is 0 Å². The van der Waals surface area contributed by atoms with Gasteiger partial charge in [0, 0.05) is 27.7 Å². The van der Waals surface area contributed by atoms with Gasteiger partial charge in [0.05, 0.1) is 0 Å². The third-order valence-corrected chi connectivity index (χ3v) is 1.20. The lowest BCUT2D eigenvalue weighted by Gasteiger charge is -1.73. The van der Waals surface area contributed by atoms with E-state index < -0.39 is 47.0 Å². The van der Waals surface area contributed by atoms with E-state index in [1.165, 1.54) is 0 Å². The van der Waals surface area contributed by atoms with Crippen LogP contribution in [0, 0.1) is 0 Å². The molecule has 12 nitrogen and oxygen atoms in total. The van der Waals surface area contributed by atoms with Crippen molar-refractivity contribution in [2.75, 3.05) is 0 Å². The maximum Gasteiger partial charge on any atom is 0.371 e. The molecule has 0 aliphatic rings. The van der Waals surface area contributed by atoms with Gasteiger partial charge in [-0.1, -0.05) is 0 Å². The Balaban J connectivity index is -0.000000111. The van der Waals surface area contributed by atoms with E-state index in [0.717, 1.165) is 27.7 Å². The SMILES string of the molecule is CC(=O)C(=O)O.CC(=O)C(=O)O.CC(=O)C(=O)O.CC(=O)C(=O)O. The van der Waals surface area contributed by atoms with E-state index >= 15 is 0 Å². The van der Waals surface area contributed by atoms with Gasteiger partial charge in [-0.05, 0) is 0 Å². The molecule has 0 radical (unpaired) electrons. The number of hydrogen-bond acceptors (Lipinski definition) is 8. The normalized spacial score (nSPS) is 7.50. The molecule has 0 saturated heterocycles. The third kappa shape index (κ3) is 36.3. The quantitative estimate of drug-likeness (QED) is 0.431. The summed E-state index contributed by atoms with van der Waals surface area (Å²) >= 11 is 0. The minimum absolute atomic E-state index is 0.824. The van der Waals surface area contributed by atoms with Gasteiger partial charge in [0.1, 0.15) is 0 Å². The zero-order valence-electron chi connectivity index (χ0n) is 13.1. The van der Waals surface area contributed by atoms with E-state index in [4.69, 9.17) is 20.4 Å². The topological polar surface area (TPSA) is 217 Å². The van der Waals surface area contributed by atoms with E-state index in [-0.39, 0.29) is 0 Å². The molecule has 136 valence electrons. The van der Waals surface area contributed by atoms with Crippen LogP contribution in [0.15, 0.2) is 0 Å². The number of carbonyl (C=O) groups is 8. The van der Waals surface area contributed by atoms with Crippen molar-refractivity contribution < 1.29 is 58.8 Å². The Labute approximate surface area is 134 Å². The molecule has 0 amide bonds. The van der Waals surface area contributed by atoms with E-state index in [1.54, 1.807) is 0 Å². The summed E-state index contributed by atoms with van der Waals surface area (Å²) in [5.41, 5.74) is 0. The maximum atomic E-state index is 9.54. The molecule has 4 N–H and O–H groups in total. The Hall–Kier alpha value is -3.44. The van der Waals surface area contributed by atoms with Crippen molar-refractivity contribution in [3.63, 3.8) is 0 Å². The minimum atomic E-state index is -1.38. The molecule has 0 fully saturated rings. The van der Waals surface area contributed by atoms with Gasteiger partial charge in [-0.15, -0.1) is 0 Å². The fraction of sp³-hybridized carbons (Fsp3) is 0.333. The average molecular weight is 352 g/mol. The highest BCUT2D eigenvalue weighted by molar-refractivity contribution is 6.32. The van der Waals surface area contributed by atoms with Crippen LogP contribution in [0.2, 0.25) is 0 Å². The van der Waals surface area contributed by atoms with Crippen molar-refractivity contribution in [2.45, 2.75) is 27.7 Å². The molecule has 0 spiro atoms. The van der Waals surface area contributed by atoms with Crippen molar-refractivity contribution in [2.24, 2.45) is 0 Å². The van der Waals surface area contributed by atoms with Gasteiger partial charge in [-0.3, -0.25) is 19.2 Å². The fourth-order valence-electron chi connectivity index (χ4n) is 0. The summed E-state index contributed by atoms with van der Waals surface area (Å²) in [6, 6.07) is 0. The highest BCUT2D eigenvalue weighted by Crippen LogP contribution is 1.63. The van der Waals surface area contributed by atoms with Crippen LogP contribution in [0.3, 0.4) is 0 Å². The Kier molecular flexibility index (Phi) is 19.1. The minimum Gasteiger partial charge on any atom is -0.476 e. The monoisotopic (exact) mass is 352 g/mol. The first kappa shape index (κ1) is 28.7. The molecule has 0 saturated carbocycles. The highest BCUT2D eigenvalue weighted by Gasteiger charge is 2.00. The number of carboxylic acid groups (broad SMARTS) is 4. The average Bonchev–Trinajstić information content (AvgIpc) is 2.40. The second kappa shape index (κ2) is 15.9. The Morgan fingerprint density at radius 3 is 0.417 bits per heavy atom. The fourth-order valence-corrected chi connectivity index (χ4v) is 0. The molecule has 0 aromatic rings. The Morgan fingerprint density at radius 2 is 0.417 bits per heavy atom. The molecule has 0 aliphatic carbocycles. The van der Waals surface area contributed by atoms with Crippen LogP contribution in [0.5, 0.6) is 0 Å². The van der Waals surface area contributed by atoms with Crippen LogP contribution in [-0.2, 0) is 38.4 Å². The molecule has 0 aromatic heterocycles. The van der Waals surface area contributed by atoms with Crippen LogP contribution in [0.25, 0.3) is 0 Å². The van der Waals surface area contributed by atoms with Gasteiger partial charge in [0.15, 0.2) is 0 Å². The Morgan fingerprint density at radius 1 is 0.375 bits per heavy atom. The number of ketones is 4. The number of hydrogen-bond donors (Lipinski definition) is 4. The number of rotatable bonds is 4. The predicted octanol–water partition coefficient (Wildman–Crippen LogP) is -1.36. The molecule has 12 heteroatoms. The van der Waals surface area contributed by atoms with Gasteiger partial charge < -0.3 is 20.4 Å². The summed E-state index contributed by atoms with van der Waals surface area (Å²) < 4.78 is 0. The summed E-state index contributed by atoms with van der Waals surface area (Å²) in [4.78, 5) is 75.6. The van der Waals surface area contributed by atoms with E-state index in [9.17, 15) is 38.4 Å². The second-order valence-electron chi connectivity index (χ2n) is 3.45. The van der Waals surface area contributed by atoms with Crippen molar-refractivity contribution >= 4 is 47.0 Å². The van der Waals surface area contributed by atoms with Gasteiger partial charge in [0.2, 0.25) is 23.1 Å². The molecule has 0 atom stereocenters. The highest BCUT2D eigenvalue weighted by atomic mass is 16.4. The van der Waals surface area contributed by atoms with Crippen LogP contribution in [-0.4, -0.2) is 67.4 Å². The number of aliphatic carboxylic acids is 4. The molecular formula is C12H16O12. The van der Waals surface area contributed by atoms with Gasteiger partial charge in [-0.25, -0.2) is 19.2 Å². The molecule has 0 rings (SSSR count). The smallest absolute Gasteiger partial charge is 0.371 e. The largest absolute Gasteiger partial charge is 0.476 e. The molecule has 0 aromatic carbocycles. The molecular weight excluding hydrogens is 336 g/mol. The maximum absolute atomic E-state index is 9.54. The summed E-state index contributed by atoms with van der Waals surface area (Å²) in [6.07, 6.45) is 0. The molecule has 24 heavy (non-hydrogen) atoms. The molecule has 0 bridgehead atoms. The lowest BCUT2D eigenvalue weighted by atomic mass is 10.5. The predicted molar refractivity (Wildman–Crippen MR) is 73.3 cm³/mol. The summed E-state index contributed by atoms with van der Waals surface area (Å²) in [5, 5.41) is 30.6. The second-order valence-corrected chi connectivity index (χ2v) is 3.45. The van der Waals surface area contributed by atoms with E-state index in [2.05, 4.69) is 0 Å². The summed E-state index contributed by atoms with van der Waals surface area (Å²) in [6.45, 7) is 4.01. The van der Waals surface area contributed by atoms with Crippen LogP contribution < -0.4 is 0 Å². The molecule has 0 aliphatic heterocycles. The van der Waals surface area contributed by atoms with Gasteiger partial charge in [-0.2, -0.15) is 0 Å².